The fourth-order valence-corrected chi connectivity index (χ4v) is 2.43. The summed E-state index contributed by atoms with van der Waals surface area (Å²) in [7, 11) is 0. The van der Waals surface area contributed by atoms with Gasteiger partial charge in [0, 0.05) is 24.0 Å². The highest BCUT2D eigenvalue weighted by molar-refractivity contribution is 5.97. The van der Waals surface area contributed by atoms with Crippen LogP contribution in [-0.2, 0) is 4.79 Å². The molecule has 0 spiro atoms. The number of carbonyl (C=O) groups excluding carboxylic acids is 1. The number of para-hydroxylation sites is 1. The quantitative estimate of drug-likeness (QED) is 0.803. The average molecular weight is 270 g/mol. The third kappa shape index (κ3) is 2.27. The fraction of sp³-hybridized carbons (Fsp3) is 0.333. The number of H-pyrrole nitrogens is 1. The molecule has 1 aliphatic heterocycles. The predicted octanol–water partition coefficient (Wildman–Crippen LogP) is 2.68. The molecule has 0 saturated carbocycles. The number of fused-ring (bicyclic) bond motifs is 1. The molecule has 1 aromatic heterocycles. The molecule has 1 atom stereocenters. The van der Waals surface area contributed by atoms with Crippen molar-refractivity contribution in [1.82, 2.24) is 10.2 Å². The van der Waals surface area contributed by atoms with Gasteiger partial charge in [-0.25, -0.2) is 0 Å². The zero-order valence-corrected chi connectivity index (χ0v) is 11.6. The van der Waals surface area contributed by atoms with Crippen LogP contribution in [0.2, 0.25) is 0 Å². The van der Waals surface area contributed by atoms with Gasteiger partial charge in [0.1, 0.15) is 0 Å². The maximum atomic E-state index is 12.4. The molecule has 0 bridgehead atoms. The number of nitrogens with one attached hydrogen (secondary N) is 3. The van der Waals surface area contributed by atoms with E-state index in [1.807, 2.05) is 30.3 Å². The molecule has 0 saturated heterocycles. The van der Waals surface area contributed by atoms with Gasteiger partial charge in [-0.2, -0.15) is 5.10 Å². The van der Waals surface area contributed by atoms with Crippen LogP contribution < -0.4 is 10.6 Å². The van der Waals surface area contributed by atoms with Crippen LogP contribution in [0.1, 0.15) is 36.9 Å². The predicted molar refractivity (Wildman–Crippen MR) is 79.0 cm³/mol. The number of carbonyl (C=O) groups is 1. The highest BCUT2D eigenvalue weighted by atomic mass is 16.2. The molecule has 0 radical (unpaired) electrons. The summed E-state index contributed by atoms with van der Waals surface area (Å²) < 4.78 is 0. The lowest BCUT2D eigenvalue weighted by Crippen LogP contribution is -2.22. The Labute approximate surface area is 117 Å². The van der Waals surface area contributed by atoms with Gasteiger partial charge in [-0.15, -0.1) is 0 Å². The number of aromatic nitrogens is 2. The maximum absolute atomic E-state index is 12.4. The van der Waals surface area contributed by atoms with Crippen LogP contribution in [0.25, 0.3) is 0 Å². The van der Waals surface area contributed by atoms with Gasteiger partial charge in [0.2, 0.25) is 5.91 Å². The lowest BCUT2D eigenvalue weighted by atomic mass is 10.0. The number of hydrogen-bond acceptors (Lipinski definition) is 3. The molecular weight excluding hydrogens is 252 g/mol. The summed E-state index contributed by atoms with van der Waals surface area (Å²) in [5.74, 6) is 0.764. The van der Waals surface area contributed by atoms with E-state index in [2.05, 4.69) is 34.7 Å². The molecule has 5 nitrogen and oxygen atoms in total. The van der Waals surface area contributed by atoms with E-state index in [1.54, 1.807) is 0 Å². The van der Waals surface area contributed by atoms with Crippen molar-refractivity contribution in [2.75, 3.05) is 17.2 Å². The Bertz CT molecular complexity index is 632. The summed E-state index contributed by atoms with van der Waals surface area (Å²) in [6.45, 7) is 4.79. The number of rotatable bonds is 3. The van der Waals surface area contributed by atoms with Gasteiger partial charge in [0.05, 0.1) is 5.92 Å². The maximum Gasteiger partial charge on any atom is 0.234 e. The van der Waals surface area contributed by atoms with Gasteiger partial charge < -0.3 is 10.6 Å². The fourth-order valence-electron chi connectivity index (χ4n) is 2.43. The Morgan fingerprint density at radius 3 is 2.95 bits per heavy atom. The molecule has 3 rings (SSSR count). The first-order valence-electron chi connectivity index (χ1n) is 6.84. The Balaban J connectivity index is 1.74. The SMILES string of the molecule is CC(C)c1cc(NC(=O)C2CNc3ccccc32)n[nH]1. The van der Waals surface area contributed by atoms with Crippen LogP contribution in [0.5, 0.6) is 0 Å². The van der Waals surface area contributed by atoms with E-state index >= 15 is 0 Å². The van der Waals surface area contributed by atoms with Crippen LogP contribution >= 0.6 is 0 Å². The van der Waals surface area contributed by atoms with Gasteiger partial charge in [-0.3, -0.25) is 9.89 Å². The average Bonchev–Trinajstić information content (AvgIpc) is 3.04. The largest absolute Gasteiger partial charge is 0.384 e. The molecule has 0 fully saturated rings. The highest BCUT2D eigenvalue weighted by Gasteiger charge is 2.28. The molecule has 104 valence electrons. The van der Waals surface area contributed by atoms with Crippen molar-refractivity contribution in [2.45, 2.75) is 25.7 Å². The van der Waals surface area contributed by atoms with Crippen LogP contribution in [-0.4, -0.2) is 22.6 Å². The first kappa shape index (κ1) is 12.7. The van der Waals surface area contributed by atoms with Crippen molar-refractivity contribution in [3.63, 3.8) is 0 Å². The van der Waals surface area contributed by atoms with Crippen LogP contribution in [0, 0.1) is 0 Å². The highest BCUT2D eigenvalue weighted by Crippen LogP contribution is 2.31. The van der Waals surface area contributed by atoms with Crippen LogP contribution in [0.15, 0.2) is 30.3 Å². The summed E-state index contributed by atoms with van der Waals surface area (Å²) in [6, 6.07) is 9.79. The first-order valence-corrected chi connectivity index (χ1v) is 6.84. The monoisotopic (exact) mass is 270 g/mol. The van der Waals surface area contributed by atoms with Gasteiger partial charge >= 0.3 is 0 Å². The summed E-state index contributed by atoms with van der Waals surface area (Å²) in [5, 5.41) is 13.2. The second-order valence-corrected chi connectivity index (χ2v) is 5.37. The third-order valence-electron chi connectivity index (χ3n) is 3.62. The van der Waals surface area contributed by atoms with E-state index in [9.17, 15) is 4.79 Å². The van der Waals surface area contributed by atoms with E-state index < -0.39 is 0 Å². The second kappa shape index (κ2) is 5.00. The lowest BCUT2D eigenvalue weighted by Gasteiger charge is -2.09. The zero-order valence-electron chi connectivity index (χ0n) is 11.6. The van der Waals surface area contributed by atoms with Crippen molar-refractivity contribution >= 4 is 17.4 Å². The Kier molecular flexibility index (Phi) is 3.18. The molecule has 5 heteroatoms. The molecule has 1 unspecified atom stereocenters. The van der Waals surface area contributed by atoms with Gasteiger partial charge in [0.15, 0.2) is 5.82 Å². The smallest absolute Gasteiger partial charge is 0.234 e. The van der Waals surface area contributed by atoms with Gasteiger partial charge in [0.25, 0.3) is 0 Å². The minimum atomic E-state index is -0.162. The summed E-state index contributed by atoms with van der Waals surface area (Å²) in [4.78, 5) is 12.4. The van der Waals surface area contributed by atoms with E-state index in [0.717, 1.165) is 16.9 Å². The molecule has 1 amide bonds. The topological polar surface area (TPSA) is 69.8 Å². The number of nitrogens with zero attached hydrogens (tertiary/aromatic N) is 1. The summed E-state index contributed by atoms with van der Waals surface area (Å²) >= 11 is 0. The van der Waals surface area contributed by atoms with Gasteiger partial charge in [-0.1, -0.05) is 32.0 Å². The Morgan fingerprint density at radius 1 is 1.40 bits per heavy atom. The normalized spacial score (nSPS) is 16.9. The molecule has 0 aliphatic carbocycles. The van der Waals surface area contributed by atoms with E-state index in [-0.39, 0.29) is 11.8 Å². The van der Waals surface area contributed by atoms with Crippen LogP contribution in [0.3, 0.4) is 0 Å². The van der Waals surface area contributed by atoms with E-state index in [1.165, 1.54) is 0 Å². The Morgan fingerprint density at radius 2 is 2.20 bits per heavy atom. The lowest BCUT2D eigenvalue weighted by molar-refractivity contribution is -0.117. The molecular formula is C15H18N4O. The van der Waals surface area contributed by atoms with Crippen molar-refractivity contribution in [2.24, 2.45) is 0 Å². The van der Waals surface area contributed by atoms with Gasteiger partial charge in [-0.05, 0) is 17.5 Å². The van der Waals surface area contributed by atoms with Crippen molar-refractivity contribution in [3.05, 3.63) is 41.6 Å². The minimum absolute atomic E-state index is 0.0238. The molecule has 2 heterocycles. The number of benzene rings is 1. The molecule has 2 aromatic rings. The standard InChI is InChI=1S/C15H18N4O/c1-9(2)13-7-14(19-18-13)17-15(20)11-8-16-12-6-4-3-5-10(11)12/h3-7,9,11,16H,8H2,1-2H3,(H2,17,18,19,20). The molecule has 1 aliphatic rings. The number of anilines is 2. The van der Waals surface area contributed by atoms with Crippen LogP contribution in [0.4, 0.5) is 11.5 Å². The summed E-state index contributed by atoms with van der Waals surface area (Å²) in [6.07, 6.45) is 0. The van der Waals surface area contributed by atoms with Crippen molar-refractivity contribution in [1.29, 1.82) is 0 Å². The van der Waals surface area contributed by atoms with E-state index in [0.29, 0.717) is 18.3 Å². The minimum Gasteiger partial charge on any atom is -0.384 e. The zero-order chi connectivity index (χ0) is 14.1. The number of amides is 1. The number of hydrogen-bond donors (Lipinski definition) is 3. The molecule has 3 N–H and O–H groups in total. The summed E-state index contributed by atoms with van der Waals surface area (Å²) in [5.41, 5.74) is 3.10. The van der Waals surface area contributed by atoms with Crippen molar-refractivity contribution < 1.29 is 4.79 Å². The molecule has 1 aromatic carbocycles. The Hall–Kier alpha value is -2.30. The van der Waals surface area contributed by atoms with Crippen molar-refractivity contribution in [3.8, 4) is 0 Å². The van der Waals surface area contributed by atoms with E-state index in [4.69, 9.17) is 0 Å². The first-order chi connectivity index (χ1) is 9.65. The third-order valence-corrected chi connectivity index (χ3v) is 3.62. The molecule has 20 heavy (non-hydrogen) atoms. The second-order valence-electron chi connectivity index (χ2n) is 5.37. The number of aromatic amines is 1.